The second-order valence-corrected chi connectivity index (χ2v) is 5.07. The van der Waals surface area contributed by atoms with E-state index in [-0.39, 0.29) is 29.3 Å². The summed E-state index contributed by atoms with van der Waals surface area (Å²) in [7, 11) is 1.60. The smallest absolute Gasteiger partial charge is 0.182 e. The van der Waals surface area contributed by atoms with Crippen LogP contribution in [0.4, 0.5) is 0 Å². The molecular formula is C16H15BrN2O2S. The van der Waals surface area contributed by atoms with Gasteiger partial charge in [0.25, 0.3) is 0 Å². The average Bonchev–Trinajstić information content (AvgIpc) is 2.83. The van der Waals surface area contributed by atoms with Crippen LogP contribution in [0.15, 0.2) is 48.5 Å². The molecule has 3 rings (SSSR count). The molecule has 1 N–H and O–H groups in total. The number of para-hydroxylation sites is 2. The fourth-order valence-electron chi connectivity index (χ4n) is 2.28. The van der Waals surface area contributed by atoms with E-state index in [1.165, 1.54) is 0 Å². The lowest BCUT2D eigenvalue weighted by molar-refractivity contribution is 0.0973. The summed E-state index contributed by atoms with van der Waals surface area (Å²) in [6.07, 6.45) is 0. The number of fused-ring (bicyclic) bond motifs is 1. The van der Waals surface area contributed by atoms with Gasteiger partial charge in [-0.1, -0.05) is 12.1 Å². The number of H-pyrrole nitrogens is 1. The number of hydrogen-bond donors (Lipinski definition) is 1. The van der Waals surface area contributed by atoms with Crippen LogP contribution in [0.5, 0.6) is 5.75 Å². The first-order chi connectivity index (χ1) is 10.2. The molecule has 1 heterocycles. The molecule has 0 aliphatic carbocycles. The molecule has 0 amide bonds. The van der Waals surface area contributed by atoms with Crippen molar-refractivity contribution in [3.05, 3.63) is 58.9 Å². The quantitative estimate of drug-likeness (QED) is 0.547. The van der Waals surface area contributed by atoms with E-state index in [0.29, 0.717) is 10.3 Å². The normalized spacial score (nSPS) is 10.2. The molecule has 0 atom stereocenters. The molecule has 3 aromatic rings. The Balaban J connectivity index is 0.00000176. The molecule has 1 aromatic heterocycles. The Morgan fingerprint density at radius 3 is 2.55 bits per heavy atom. The van der Waals surface area contributed by atoms with E-state index in [4.69, 9.17) is 17.0 Å². The van der Waals surface area contributed by atoms with Crippen molar-refractivity contribution in [1.29, 1.82) is 0 Å². The molecule has 22 heavy (non-hydrogen) atoms. The zero-order chi connectivity index (χ0) is 14.8. The fourth-order valence-corrected chi connectivity index (χ4v) is 2.55. The number of imidazole rings is 1. The first-order valence-electron chi connectivity index (χ1n) is 6.54. The van der Waals surface area contributed by atoms with Gasteiger partial charge in [-0.05, 0) is 48.6 Å². The van der Waals surface area contributed by atoms with Crippen LogP contribution in [0.1, 0.15) is 10.4 Å². The highest BCUT2D eigenvalue weighted by Crippen LogP contribution is 2.16. The van der Waals surface area contributed by atoms with Crippen LogP contribution in [0.2, 0.25) is 0 Å². The summed E-state index contributed by atoms with van der Waals surface area (Å²) in [6, 6.07) is 14.8. The van der Waals surface area contributed by atoms with E-state index in [2.05, 4.69) is 4.98 Å². The number of nitrogens with one attached hydrogen (secondary N) is 1. The highest BCUT2D eigenvalue weighted by atomic mass is 79.9. The number of nitrogens with zero attached hydrogens (tertiary/aromatic N) is 1. The van der Waals surface area contributed by atoms with Gasteiger partial charge >= 0.3 is 0 Å². The number of aromatic amines is 1. The monoisotopic (exact) mass is 378 g/mol. The highest BCUT2D eigenvalue weighted by molar-refractivity contribution is 8.93. The lowest BCUT2D eigenvalue weighted by Crippen LogP contribution is -2.10. The highest BCUT2D eigenvalue weighted by Gasteiger charge is 2.10. The number of aromatic nitrogens is 2. The van der Waals surface area contributed by atoms with E-state index in [9.17, 15) is 4.79 Å². The van der Waals surface area contributed by atoms with Crippen LogP contribution >= 0.6 is 29.2 Å². The second-order valence-electron chi connectivity index (χ2n) is 4.69. The van der Waals surface area contributed by atoms with Crippen LogP contribution in [-0.2, 0) is 6.54 Å². The third-order valence-corrected chi connectivity index (χ3v) is 3.72. The Labute approximate surface area is 143 Å². The molecule has 0 spiro atoms. The summed E-state index contributed by atoms with van der Waals surface area (Å²) in [4.78, 5) is 15.5. The van der Waals surface area contributed by atoms with Crippen LogP contribution in [-0.4, -0.2) is 22.4 Å². The van der Waals surface area contributed by atoms with Gasteiger partial charge in [-0.3, -0.25) is 4.79 Å². The van der Waals surface area contributed by atoms with Crippen molar-refractivity contribution < 1.29 is 9.53 Å². The first-order valence-corrected chi connectivity index (χ1v) is 6.94. The van der Waals surface area contributed by atoms with Gasteiger partial charge in [-0.25, -0.2) is 0 Å². The number of benzene rings is 2. The lowest BCUT2D eigenvalue weighted by Gasteiger charge is -2.05. The van der Waals surface area contributed by atoms with E-state index in [0.717, 1.165) is 16.8 Å². The number of halogens is 1. The van der Waals surface area contributed by atoms with Crippen molar-refractivity contribution >= 4 is 46.0 Å². The summed E-state index contributed by atoms with van der Waals surface area (Å²) in [5, 5.41) is 0. The maximum Gasteiger partial charge on any atom is 0.182 e. The summed E-state index contributed by atoms with van der Waals surface area (Å²) in [5.41, 5.74) is 2.51. The molecule has 2 aromatic carbocycles. The van der Waals surface area contributed by atoms with E-state index in [1.54, 1.807) is 31.4 Å². The van der Waals surface area contributed by atoms with Gasteiger partial charge in [0, 0.05) is 5.56 Å². The largest absolute Gasteiger partial charge is 0.497 e. The van der Waals surface area contributed by atoms with E-state index >= 15 is 0 Å². The third kappa shape index (κ3) is 3.13. The van der Waals surface area contributed by atoms with Crippen LogP contribution in [0, 0.1) is 4.77 Å². The molecule has 114 valence electrons. The van der Waals surface area contributed by atoms with E-state index < -0.39 is 0 Å². The van der Waals surface area contributed by atoms with Gasteiger partial charge in [0.15, 0.2) is 10.6 Å². The van der Waals surface area contributed by atoms with Crippen LogP contribution < -0.4 is 4.74 Å². The van der Waals surface area contributed by atoms with Crippen LogP contribution in [0.25, 0.3) is 11.0 Å². The maximum atomic E-state index is 12.4. The molecular weight excluding hydrogens is 364 g/mol. The summed E-state index contributed by atoms with van der Waals surface area (Å²) < 4.78 is 7.46. The SMILES string of the molecule is Br.COc1ccc(C(=O)Cn2c(=S)[nH]c3ccccc32)cc1. The Morgan fingerprint density at radius 1 is 1.18 bits per heavy atom. The predicted molar refractivity (Wildman–Crippen MR) is 94.8 cm³/mol. The van der Waals surface area contributed by atoms with Crippen molar-refractivity contribution in [3.63, 3.8) is 0 Å². The topological polar surface area (TPSA) is 47.0 Å². The summed E-state index contributed by atoms with van der Waals surface area (Å²) in [5.74, 6) is 0.744. The molecule has 4 nitrogen and oxygen atoms in total. The average molecular weight is 379 g/mol. The molecule has 0 radical (unpaired) electrons. The zero-order valence-corrected chi connectivity index (χ0v) is 14.4. The molecule has 0 saturated carbocycles. The van der Waals surface area contributed by atoms with Gasteiger partial charge in [-0.2, -0.15) is 0 Å². The van der Waals surface area contributed by atoms with Gasteiger partial charge in [0.2, 0.25) is 0 Å². The minimum atomic E-state index is 0. The Hall–Kier alpha value is -1.92. The molecule has 0 bridgehead atoms. The number of methoxy groups -OCH3 is 1. The first kappa shape index (κ1) is 16.5. The standard InChI is InChI=1S/C16H14N2O2S.BrH/c1-20-12-8-6-11(7-9-12)15(19)10-18-14-5-3-2-4-13(14)17-16(18)21;/h2-9H,10H2,1H3,(H,17,21);1H. The molecule has 0 unspecified atom stereocenters. The number of carbonyl (C=O) groups is 1. The molecule has 0 aliphatic rings. The zero-order valence-electron chi connectivity index (χ0n) is 11.9. The van der Waals surface area contributed by atoms with Crippen molar-refractivity contribution in [1.82, 2.24) is 9.55 Å². The van der Waals surface area contributed by atoms with Crippen LogP contribution in [0.3, 0.4) is 0 Å². The predicted octanol–water partition coefficient (Wildman–Crippen LogP) is 4.17. The van der Waals surface area contributed by atoms with Crippen molar-refractivity contribution in [2.45, 2.75) is 6.54 Å². The number of carbonyl (C=O) groups excluding carboxylic acids is 1. The van der Waals surface area contributed by atoms with Gasteiger partial charge in [0.05, 0.1) is 24.7 Å². The molecule has 0 saturated heterocycles. The van der Waals surface area contributed by atoms with Crippen molar-refractivity contribution in [2.24, 2.45) is 0 Å². The number of rotatable bonds is 4. The summed E-state index contributed by atoms with van der Waals surface area (Å²) >= 11 is 5.30. The third-order valence-electron chi connectivity index (χ3n) is 3.40. The van der Waals surface area contributed by atoms with Gasteiger partial charge < -0.3 is 14.3 Å². The minimum Gasteiger partial charge on any atom is -0.497 e. The number of ketones is 1. The number of ether oxygens (including phenoxy) is 1. The Bertz CT molecular complexity index is 852. The molecule has 6 heteroatoms. The lowest BCUT2D eigenvalue weighted by atomic mass is 10.1. The Morgan fingerprint density at radius 2 is 1.86 bits per heavy atom. The van der Waals surface area contributed by atoms with E-state index in [1.807, 2.05) is 28.8 Å². The minimum absolute atomic E-state index is 0. The fraction of sp³-hybridized carbons (Fsp3) is 0.125. The van der Waals surface area contributed by atoms with Gasteiger partial charge in [-0.15, -0.1) is 17.0 Å². The molecule has 0 fully saturated rings. The summed E-state index contributed by atoms with van der Waals surface area (Å²) in [6.45, 7) is 0.217. The van der Waals surface area contributed by atoms with Crippen molar-refractivity contribution in [3.8, 4) is 5.75 Å². The second kappa shape index (κ2) is 6.89. The molecule has 0 aliphatic heterocycles. The maximum absolute atomic E-state index is 12.4. The van der Waals surface area contributed by atoms with Gasteiger partial charge in [0.1, 0.15) is 5.75 Å². The number of hydrogen-bond acceptors (Lipinski definition) is 3. The number of Topliss-reactive ketones (excluding diaryl/α,β-unsaturated/α-hetero) is 1. The Kier molecular flexibility index (Phi) is 5.15. The van der Waals surface area contributed by atoms with Crippen molar-refractivity contribution in [2.75, 3.05) is 7.11 Å².